The molecule has 5 rings (SSSR count). The zero-order valence-corrected chi connectivity index (χ0v) is 17.3. The Labute approximate surface area is 178 Å². The van der Waals surface area contributed by atoms with Gasteiger partial charge >= 0.3 is 0 Å². The Morgan fingerprint density at radius 2 is 2.00 bits per heavy atom. The summed E-state index contributed by atoms with van der Waals surface area (Å²) in [7, 11) is 3.56. The van der Waals surface area contributed by atoms with Gasteiger partial charge in [0.25, 0.3) is 0 Å². The van der Waals surface area contributed by atoms with Crippen molar-refractivity contribution in [1.82, 2.24) is 25.1 Å². The molecule has 162 valence electrons. The minimum Gasteiger partial charge on any atom is -0.507 e. The van der Waals surface area contributed by atoms with Crippen LogP contribution in [0, 0.1) is 5.82 Å². The van der Waals surface area contributed by atoms with E-state index in [1.807, 2.05) is 11.9 Å². The highest BCUT2D eigenvalue weighted by molar-refractivity contribution is 5.74. The minimum absolute atomic E-state index is 0.100. The van der Waals surface area contributed by atoms with Crippen LogP contribution >= 0.6 is 0 Å². The summed E-state index contributed by atoms with van der Waals surface area (Å²) in [4.78, 5) is 10.6. The number of phenols is 1. The van der Waals surface area contributed by atoms with Gasteiger partial charge in [0.05, 0.1) is 30.3 Å². The van der Waals surface area contributed by atoms with Crippen molar-refractivity contribution in [2.24, 2.45) is 7.05 Å². The second-order valence-corrected chi connectivity index (χ2v) is 8.42. The van der Waals surface area contributed by atoms with Gasteiger partial charge in [-0.1, -0.05) is 0 Å². The average molecular weight is 426 g/mol. The van der Waals surface area contributed by atoms with Crippen molar-refractivity contribution < 1.29 is 13.9 Å². The smallest absolute Gasteiger partial charge is 0.147 e. The van der Waals surface area contributed by atoms with Crippen molar-refractivity contribution in [1.29, 1.82) is 0 Å². The maximum Gasteiger partial charge on any atom is 0.147 e. The molecule has 2 unspecified atom stereocenters. The molecule has 31 heavy (non-hydrogen) atoms. The number of hydrogen-bond donors (Lipinski definition) is 2. The maximum atomic E-state index is 14.9. The van der Waals surface area contributed by atoms with Gasteiger partial charge in [-0.15, -0.1) is 0 Å². The number of nitrogens with zero attached hydrogens (tertiary/aromatic N) is 5. The molecule has 4 heterocycles. The number of rotatable bonds is 4. The number of nitrogens with one attached hydrogen (secondary N) is 1. The molecule has 0 aliphatic carbocycles. The molecule has 2 bridgehead atoms. The van der Waals surface area contributed by atoms with Crippen LogP contribution in [-0.2, 0) is 7.05 Å². The second kappa shape index (κ2) is 7.56. The van der Waals surface area contributed by atoms with E-state index in [9.17, 15) is 13.9 Å². The lowest BCUT2D eigenvalue weighted by Crippen LogP contribution is -2.55. The summed E-state index contributed by atoms with van der Waals surface area (Å²) in [6, 6.07) is 2.59. The molecule has 0 saturated carbocycles. The van der Waals surface area contributed by atoms with Crippen molar-refractivity contribution in [2.45, 2.75) is 43.6 Å². The van der Waals surface area contributed by atoms with E-state index in [-0.39, 0.29) is 29.0 Å². The molecule has 1 aromatic carbocycles. The summed E-state index contributed by atoms with van der Waals surface area (Å²) in [5.41, 5.74) is 1.42. The fourth-order valence-electron chi connectivity index (χ4n) is 4.71. The first-order valence-corrected chi connectivity index (χ1v) is 10.4. The van der Waals surface area contributed by atoms with E-state index < -0.39 is 12.0 Å². The molecule has 4 atom stereocenters. The highest BCUT2D eigenvalue weighted by Gasteiger charge is 2.43. The number of phenolic OH excluding ortho intramolecular Hbond substituents is 1. The highest BCUT2D eigenvalue weighted by Crippen LogP contribution is 2.36. The molecule has 9 heteroatoms. The molecule has 2 N–H and O–H groups in total. The van der Waals surface area contributed by atoms with Gasteiger partial charge < -0.3 is 15.3 Å². The lowest BCUT2D eigenvalue weighted by molar-refractivity contribution is 0.176. The first-order chi connectivity index (χ1) is 14.9. The number of alkyl halides is 1. The first kappa shape index (κ1) is 19.9. The molecule has 0 spiro atoms. The van der Waals surface area contributed by atoms with Crippen LogP contribution in [0.4, 0.5) is 14.6 Å². The van der Waals surface area contributed by atoms with Crippen LogP contribution in [0.5, 0.6) is 5.75 Å². The monoisotopic (exact) mass is 426 g/mol. The molecule has 0 radical (unpaired) electrons. The number of anilines is 1. The molecule has 2 aromatic heterocycles. The van der Waals surface area contributed by atoms with E-state index in [2.05, 4.69) is 20.4 Å². The van der Waals surface area contributed by atoms with Crippen LogP contribution in [0.1, 0.15) is 19.3 Å². The number of aromatic nitrogens is 4. The number of aryl methyl sites for hydroxylation is 1. The van der Waals surface area contributed by atoms with Crippen LogP contribution < -0.4 is 10.2 Å². The van der Waals surface area contributed by atoms with Crippen molar-refractivity contribution in [3.63, 3.8) is 0 Å². The van der Waals surface area contributed by atoms with E-state index in [4.69, 9.17) is 0 Å². The van der Waals surface area contributed by atoms with Gasteiger partial charge in [0, 0.05) is 49.1 Å². The zero-order valence-electron chi connectivity index (χ0n) is 17.3. The Hall–Kier alpha value is -3.07. The predicted molar refractivity (Wildman–Crippen MR) is 113 cm³/mol. The topological polar surface area (TPSA) is 79.1 Å². The van der Waals surface area contributed by atoms with Gasteiger partial charge in [0.2, 0.25) is 0 Å². The summed E-state index contributed by atoms with van der Waals surface area (Å²) < 4.78 is 31.2. The van der Waals surface area contributed by atoms with E-state index in [1.165, 1.54) is 24.5 Å². The fourth-order valence-corrected chi connectivity index (χ4v) is 4.71. The lowest BCUT2D eigenvalue weighted by Gasteiger charge is -2.38. The third-order valence-corrected chi connectivity index (χ3v) is 6.43. The quantitative estimate of drug-likeness (QED) is 0.668. The second-order valence-electron chi connectivity index (χ2n) is 8.42. The molecule has 0 amide bonds. The van der Waals surface area contributed by atoms with Gasteiger partial charge in [0.15, 0.2) is 0 Å². The Balaban J connectivity index is 1.39. The number of benzene rings is 1. The van der Waals surface area contributed by atoms with Crippen molar-refractivity contribution >= 4 is 5.82 Å². The Morgan fingerprint density at radius 1 is 1.16 bits per heavy atom. The highest BCUT2D eigenvalue weighted by atomic mass is 19.1. The largest absolute Gasteiger partial charge is 0.507 e. The van der Waals surface area contributed by atoms with Gasteiger partial charge in [-0.05, 0) is 31.4 Å². The van der Waals surface area contributed by atoms with Crippen LogP contribution in [0.25, 0.3) is 22.4 Å². The first-order valence-electron chi connectivity index (χ1n) is 10.4. The van der Waals surface area contributed by atoms with Crippen LogP contribution in [0.3, 0.4) is 0 Å². The number of piperidine rings is 1. The SMILES string of the molecule is CN(c1cnc(-c2cc(F)c(-c3cnn(C)c3)cc2O)cn1)C1C[C@H]2CC[C@H](N2)C1F. The van der Waals surface area contributed by atoms with Gasteiger partial charge in [0.1, 0.15) is 23.6 Å². The molecular weight excluding hydrogens is 402 g/mol. The summed E-state index contributed by atoms with van der Waals surface area (Å²) in [5, 5.41) is 17.9. The summed E-state index contributed by atoms with van der Waals surface area (Å²) in [6.45, 7) is 0. The normalized spacial score (nSPS) is 25.0. The minimum atomic E-state index is -0.969. The van der Waals surface area contributed by atoms with Gasteiger partial charge in [-0.2, -0.15) is 5.10 Å². The lowest BCUT2D eigenvalue weighted by atomic mass is 9.96. The van der Waals surface area contributed by atoms with Crippen molar-refractivity contribution in [2.75, 3.05) is 11.9 Å². The van der Waals surface area contributed by atoms with E-state index in [0.29, 0.717) is 23.1 Å². The molecule has 2 saturated heterocycles. The van der Waals surface area contributed by atoms with Crippen molar-refractivity contribution in [3.05, 3.63) is 42.7 Å². The molecule has 2 fully saturated rings. The molecular formula is C22H24F2N6O. The Morgan fingerprint density at radius 3 is 2.71 bits per heavy atom. The number of fused-ring (bicyclic) bond motifs is 2. The maximum absolute atomic E-state index is 14.9. The van der Waals surface area contributed by atoms with Crippen LogP contribution in [0.15, 0.2) is 36.9 Å². The van der Waals surface area contributed by atoms with Gasteiger partial charge in [-0.25, -0.2) is 13.8 Å². The Kier molecular flexibility index (Phi) is 4.85. The zero-order chi connectivity index (χ0) is 21.7. The average Bonchev–Trinajstić information content (AvgIpc) is 3.38. The Bertz CT molecular complexity index is 1100. The summed E-state index contributed by atoms with van der Waals surface area (Å²) in [6.07, 6.45) is 7.84. The number of halogens is 2. The number of hydrogen-bond acceptors (Lipinski definition) is 6. The molecule has 2 aliphatic heterocycles. The van der Waals surface area contributed by atoms with E-state index in [1.54, 1.807) is 24.1 Å². The van der Waals surface area contributed by atoms with Crippen LogP contribution in [0.2, 0.25) is 0 Å². The molecule has 7 nitrogen and oxygen atoms in total. The predicted octanol–water partition coefficient (Wildman–Crippen LogP) is 3.06. The molecule has 2 aliphatic rings. The fraction of sp³-hybridized carbons (Fsp3) is 0.409. The third kappa shape index (κ3) is 3.52. The standard InChI is InChI=1S/C22H24F2N6O/c1-29-11-12(8-27-29)14-7-20(31)15(6-16(14)23)18-9-26-21(10-25-18)30(2)19-5-13-3-4-17(28-13)22(19)24/h6-11,13,17,19,22,28,31H,3-5H2,1-2H3/t13-,17+,19?,22?/m1/s1. The number of aromatic hydroxyl groups is 1. The molecule has 3 aromatic rings. The third-order valence-electron chi connectivity index (χ3n) is 6.43. The van der Waals surface area contributed by atoms with Crippen LogP contribution in [-0.4, -0.2) is 56.2 Å². The van der Waals surface area contributed by atoms with Crippen molar-refractivity contribution in [3.8, 4) is 28.1 Å². The van der Waals surface area contributed by atoms with Gasteiger partial charge in [-0.3, -0.25) is 9.67 Å². The summed E-state index contributed by atoms with van der Waals surface area (Å²) in [5.74, 6) is -0.0479. The van der Waals surface area contributed by atoms with E-state index >= 15 is 0 Å². The summed E-state index contributed by atoms with van der Waals surface area (Å²) >= 11 is 0. The van der Waals surface area contributed by atoms with E-state index in [0.717, 1.165) is 19.3 Å².